The van der Waals surface area contributed by atoms with Gasteiger partial charge in [0.25, 0.3) is 0 Å². The van der Waals surface area contributed by atoms with Crippen LogP contribution in [0.5, 0.6) is 0 Å². The third-order valence-corrected chi connectivity index (χ3v) is 6.33. The van der Waals surface area contributed by atoms with Gasteiger partial charge in [0.15, 0.2) is 5.82 Å². The van der Waals surface area contributed by atoms with E-state index in [1.807, 2.05) is 13.0 Å². The third kappa shape index (κ3) is 7.61. The molecule has 0 aliphatic carbocycles. The standard InChI is InChI=1S/C23H28F3N5O2S/c1-2-11-27-22(33)17-4-3-12-31(14-17)19-9-10-21(30-29-19)34-15-20(32)28-13-16-5-7-18(8-6-16)23(24,25)26/h5-10,17H,2-4,11-15H2,1H3,(H,27,33)(H,28,32)/t17-/m1/s1. The monoisotopic (exact) mass is 495 g/mol. The molecule has 2 N–H and O–H groups in total. The van der Waals surface area contributed by atoms with E-state index in [9.17, 15) is 22.8 Å². The molecule has 1 saturated heterocycles. The largest absolute Gasteiger partial charge is 0.416 e. The van der Waals surface area contributed by atoms with Gasteiger partial charge in [-0.15, -0.1) is 10.2 Å². The molecule has 2 aromatic rings. The molecule has 34 heavy (non-hydrogen) atoms. The van der Waals surface area contributed by atoms with Gasteiger partial charge in [-0.2, -0.15) is 13.2 Å². The van der Waals surface area contributed by atoms with Crippen molar-refractivity contribution < 1.29 is 22.8 Å². The van der Waals surface area contributed by atoms with Crippen molar-refractivity contribution in [3.63, 3.8) is 0 Å². The number of thioether (sulfide) groups is 1. The zero-order valence-corrected chi connectivity index (χ0v) is 19.7. The molecule has 1 aliphatic heterocycles. The molecule has 0 unspecified atom stereocenters. The maximum atomic E-state index is 12.6. The smallest absolute Gasteiger partial charge is 0.356 e. The third-order valence-electron chi connectivity index (χ3n) is 5.41. The summed E-state index contributed by atoms with van der Waals surface area (Å²) in [7, 11) is 0. The summed E-state index contributed by atoms with van der Waals surface area (Å²) in [4.78, 5) is 26.4. The van der Waals surface area contributed by atoms with Crippen molar-refractivity contribution >= 4 is 29.4 Å². The zero-order chi connectivity index (χ0) is 24.6. The van der Waals surface area contributed by atoms with Crippen molar-refractivity contribution in [1.82, 2.24) is 20.8 Å². The topological polar surface area (TPSA) is 87.2 Å². The van der Waals surface area contributed by atoms with E-state index in [1.54, 1.807) is 6.07 Å². The number of alkyl halides is 3. The first-order chi connectivity index (χ1) is 16.3. The van der Waals surface area contributed by atoms with Crippen LogP contribution in [0, 0.1) is 5.92 Å². The summed E-state index contributed by atoms with van der Waals surface area (Å²) in [5.74, 6) is 0.563. The number of amides is 2. The van der Waals surface area contributed by atoms with Gasteiger partial charge in [-0.3, -0.25) is 9.59 Å². The van der Waals surface area contributed by atoms with Gasteiger partial charge in [0, 0.05) is 26.2 Å². The summed E-state index contributed by atoms with van der Waals surface area (Å²) >= 11 is 1.22. The van der Waals surface area contributed by atoms with Crippen molar-refractivity contribution in [1.29, 1.82) is 0 Å². The van der Waals surface area contributed by atoms with Crippen LogP contribution >= 0.6 is 11.8 Å². The van der Waals surface area contributed by atoms with Gasteiger partial charge >= 0.3 is 6.18 Å². The molecule has 1 atom stereocenters. The first-order valence-corrected chi connectivity index (χ1v) is 12.2. The molecule has 2 heterocycles. The number of aromatic nitrogens is 2. The highest BCUT2D eigenvalue weighted by molar-refractivity contribution is 7.99. The summed E-state index contributed by atoms with van der Waals surface area (Å²) < 4.78 is 37.8. The summed E-state index contributed by atoms with van der Waals surface area (Å²) in [5, 5.41) is 14.7. The van der Waals surface area contributed by atoms with E-state index < -0.39 is 11.7 Å². The number of carbonyl (C=O) groups excluding carboxylic acids is 2. The Morgan fingerprint density at radius 1 is 1.12 bits per heavy atom. The molecule has 7 nitrogen and oxygen atoms in total. The van der Waals surface area contributed by atoms with E-state index >= 15 is 0 Å². The predicted octanol–water partition coefficient (Wildman–Crippen LogP) is 3.65. The second-order valence-corrected chi connectivity index (χ2v) is 9.06. The molecular formula is C23H28F3N5O2S. The number of anilines is 1. The van der Waals surface area contributed by atoms with Crippen molar-refractivity contribution in [3.05, 3.63) is 47.5 Å². The Bertz CT molecular complexity index is 955. The highest BCUT2D eigenvalue weighted by Gasteiger charge is 2.30. The molecule has 1 aliphatic rings. The number of rotatable bonds is 9. The lowest BCUT2D eigenvalue weighted by atomic mass is 9.97. The second kappa shape index (κ2) is 12.0. The van der Waals surface area contributed by atoms with Crippen LogP contribution < -0.4 is 15.5 Å². The maximum Gasteiger partial charge on any atom is 0.416 e. The van der Waals surface area contributed by atoms with Gasteiger partial charge in [-0.05, 0) is 49.1 Å². The Labute approximate surface area is 200 Å². The van der Waals surface area contributed by atoms with E-state index in [1.165, 1.54) is 23.9 Å². The number of carbonyl (C=O) groups is 2. The molecule has 1 aromatic carbocycles. The van der Waals surface area contributed by atoms with Gasteiger partial charge in [0.1, 0.15) is 5.03 Å². The highest BCUT2D eigenvalue weighted by atomic mass is 32.2. The lowest BCUT2D eigenvalue weighted by Crippen LogP contribution is -2.43. The first kappa shape index (κ1) is 25.8. The lowest BCUT2D eigenvalue weighted by Gasteiger charge is -2.32. The number of nitrogens with zero attached hydrogens (tertiary/aromatic N) is 3. The highest BCUT2D eigenvalue weighted by Crippen LogP contribution is 2.29. The Hall–Kier alpha value is -2.82. The molecule has 184 valence electrons. The van der Waals surface area contributed by atoms with Gasteiger partial charge in [0.05, 0.1) is 17.2 Å². The SMILES string of the molecule is CCCNC(=O)[C@@H]1CCCN(c2ccc(SCC(=O)NCc3ccc(C(F)(F)F)cc3)nn2)C1. The zero-order valence-electron chi connectivity index (χ0n) is 18.9. The lowest BCUT2D eigenvalue weighted by molar-refractivity contribution is -0.137. The molecule has 1 fully saturated rings. The Morgan fingerprint density at radius 3 is 2.53 bits per heavy atom. The van der Waals surface area contributed by atoms with Gasteiger partial charge < -0.3 is 15.5 Å². The number of nitrogens with one attached hydrogen (secondary N) is 2. The van der Waals surface area contributed by atoms with Crippen molar-refractivity contribution in [2.24, 2.45) is 5.92 Å². The molecule has 0 radical (unpaired) electrons. The molecule has 0 spiro atoms. The van der Waals surface area contributed by atoms with E-state index in [2.05, 4.69) is 25.7 Å². The quantitative estimate of drug-likeness (QED) is 0.517. The Morgan fingerprint density at radius 2 is 1.88 bits per heavy atom. The average molecular weight is 496 g/mol. The number of piperidine rings is 1. The minimum atomic E-state index is -4.38. The summed E-state index contributed by atoms with van der Waals surface area (Å²) in [6.07, 6.45) is -1.72. The molecule has 1 aromatic heterocycles. The van der Waals surface area contributed by atoms with E-state index in [0.29, 0.717) is 29.5 Å². The average Bonchev–Trinajstić information content (AvgIpc) is 2.85. The van der Waals surface area contributed by atoms with Crippen molar-refractivity contribution in [2.75, 3.05) is 30.3 Å². The molecule has 11 heteroatoms. The molecule has 0 saturated carbocycles. The van der Waals surface area contributed by atoms with E-state index in [0.717, 1.165) is 37.9 Å². The second-order valence-electron chi connectivity index (χ2n) is 8.07. The minimum Gasteiger partial charge on any atom is -0.356 e. The molecular weight excluding hydrogens is 467 g/mol. The van der Waals surface area contributed by atoms with E-state index in [-0.39, 0.29) is 30.0 Å². The van der Waals surface area contributed by atoms with Crippen molar-refractivity contribution in [3.8, 4) is 0 Å². The molecule has 2 amide bonds. The van der Waals surface area contributed by atoms with Gasteiger partial charge in [0.2, 0.25) is 11.8 Å². The minimum absolute atomic E-state index is 0.0653. The van der Waals surface area contributed by atoms with Crippen LogP contribution in [-0.2, 0) is 22.3 Å². The maximum absolute atomic E-state index is 12.6. The number of hydrogen-bond acceptors (Lipinski definition) is 6. The van der Waals surface area contributed by atoms with Crippen LogP contribution in [0.25, 0.3) is 0 Å². The Kier molecular flexibility index (Phi) is 9.14. The normalized spacial score (nSPS) is 16.2. The van der Waals surface area contributed by atoms with Crippen molar-refractivity contribution in [2.45, 2.75) is 43.9 Å². The summed E-state index contributed by atoms with van der Waals surface area (Å²) in [5.41, 5.74) is -0.140. The predicted molar refractivity (Wildman–Crippen MR) is 124 cm³/mol. The van der Waals surface area contributed by atoms with Crippen LogP contribution in [-0.4, -0.2) is 47.4 Å². The van der Waals surface area contributed by atoms with Gasteiger partial charge in [-0.25, -0.2) is 0 Å². The Balaban J connectivity index is 1.43. The van der Waals surface area contributed by atoms with Crippen LogP contribution in [0.1, 0.15) is 37.3 Å². The fourth-order valence-corrected chi connectivity index (χ4v) is 4.20. The number of hydrogen-bond donors (Lipinski definition) is 2. The van der Waals surface area contributed by atoms with E-state index in [4.69, 9.17) is 0 Å². The number of halogens is 3. The molecule has 3 rings (SSSR count). The molecule has 0 bridgehead atoms. The van der Waals surface area contributed by atoms with Crippen LogP contribution in [0.4, 0.5) is 19.0 Å². The fourth-order valence-electron chi connectivity index (χ4n) is 3.55. The van der Waals surface area contributed by atoms with Crippen LogP contribution in [0.3, 0.4) is 0 Å². The number of benzene rings is 1. The summed E-state index contributed by atoms with van der Waals surface area (Å²) in [6, 6.07) is 8.31. The summed E-state index contributed by atoms with van der Waals surface area (Å²) in [6.45, 7) is 4.25. The first-order valence-electron chi connectivity index (χ1n) is 11.2. The van der Waals surface area contributed by atoms with Gasteiger partial charge in [-0.1, -0.05) is 30.8 Å². The fraction of sp³-hybridized carbons (Fsp3) is 0.478. The van der Waals surface area contributed by atoms with Crippen LogP contribution in [0.15, 0.2) is 41.4 Å². The van der Waals surface area contributed by atoms with Crippen LogP contribution in [0.2, 0.25) is 0 Å².